The molecule has 256 valence electrons. The van der Waals surface area contributed by atoms with E-state index in [1.807, 2.05) is 26.0 Å². The zero-order valence-corrected chi connectivity index (χ0v) is 30.6. The van der Waals surface area contributed by atoms with Gasteiger partial charge in [0.25, 0.3) is 5.56 Å². The lowest BCUT2D eigenvalue weighted by atomic mass is 9.97. The number of hydrogen-bond donors (Lipinski definition) is 0. The molecule has 1 aromatic heterocycles. The second kappa shape index (κ2) is 16.2. The highest BCUT2D eigenvalue weighted by Crippen LogP contribution is 2.36. The van der Waals surface area contributed by atoms with Crippen LogP contribution >= 0.6 is 33.9 Å². The van der Waals surface area contributed by atoms with Gasteiger partial charge in [-0.25, -0.2) is 14.6 Å². The first-order valence-corrected chi connectivity index (χ1v) is 17.4. The molecule has 3 aromatic carbocycles. The van der Waals surface area contributed by atoms with Crippen LogP contribution in [0.3, 0.4) is 0 Å². The van der Waals surface area contributed by atoms with Crippen LogP contribution in [0.2, 0.25) is 0 Å². The lowest BCUT2D eigenvalue weighted by molar-refractivity contribution is -0.136. The van der Waals surface area contributed by atoms with E-state index >= 15 is 0 Å². The third kappa shape index (κ3) is 7.83. The van der Waals surface area contributed by atoms with Gasteiger partial charge in [-0.3, -0.25) is 9.36 Å². The normalized spacial score (nSPS) is 13.9. The predicted molar refractivity (Wildman–Crippen MR) is 192 cm³/mol. The maximum absolute atomic E-state index is 14.2. The molecule has 0 saturated carbocycles. The second-order valence-corrected chi connectivity index (χ2v) is 12.7. The Hall–Kier alpha value is -4.63. The van der Waals surface area contributed by atoms with Crippen LogP contribution in [-0.2, 0) is 20.9 Å². The number of benzene rings is 3. The summed E-state index contributed by atoms with van der Waals surface area (Å²) in [5.41, 5.74) is 2.34. The number of esters is 2. The third-order valence-electron chi connectivity index (χ3n) is 7.41. The molecule has 0 amide bonds. The number of halogens is 1. The second-order valence-electron chi connectivity index (χ2n) is 10.5. The first-order valence-electron chi connectivity index (χ1n) is 15.5. The maximum atomic E-state index is 14.2. The van der Waals surface area contributed by atoms with Gasteiger partial charge < -0.3 is 28.4 Å². The Morgan fingerprint density at radius 2 is 1.63 bits per heavy atom. The van der Waals surface area contributed by atoms with E-state index in [-0.39, 0.29) is 17.7 Å². The first-order chi connectivity index (χ1) is 23.7. The van der Waals surface area contributed by atoms with E-state index in [0.29, 0.717) is 68.8 Å². The Balaban J connectivity index is 1.58. The number of nitrogens with zero attached hydrogens (tertiary/aromatic N) is 2. The zero-order valence-electron chi connectivity index (χ0n) is 27.6. The van der Waals surface area contributed by atoms with Crippen LogP contribution in [0, 0.1) is 3.57 Å². The summed E-state index contributed by atoms with van der Waals surface area (Å²) in [4.78, 5) is 44.2. The van der Waals surface area contributed by atoms with E-state index in [0.717, 1.165) is 9.13 Å². The maximum Gasteiger partial charge on any atom is 0.338 e. The smallest absolute Gasteiger partial charge is 0.338 e. The molecule has 5 rings (SSSR count). The monoisotopic (exact) mass is 798 g/mol. The third-order valence-corrected chi connectivity index (χ3v) is 9.03. The van der Waals surface area contributed by atoms with Gasteiger partial charge in [-0.2, -0.15) is 0 Å². The standard InChI is InChI=1S/C36H35IN2O9S/c1-6-45-27-14-13-23(16-28(27)46-7-2)31-26(35(42)44-5)19-38-36-39(31)33(40)30(49-36)17-24-15-25(37)18-29(43-4)32(24)48-20-21-9-11-22(12-10-21)34(41)47-8-3/h9-19,31H,6-8,20H2,1-5H3/b30-17+/t31-/m1/s1. The molecule has 0 radical (unpaired) electrons. The van der Waals surface area contributed by atoms with Crippen molar-refractivity contribution in [2.45, 2.75) is 33.4 Å². The highest BCUT2D eigenvalue weighted by atomic mass is 127. The fourth-order valence-electron chi connectivity index (χ4n) is 5.24. The Labute approximate surface area is 300 Å². The highest BCUT2D eigenvalue weighted by Gasteiger charge is 2.31. The molecule has 1 aliphatic rings. The van der Waals surface area contributed by atoms with Gasteiger partial charge in [-0.15, -0.1) is 0 Å². The summed E-state index contributed by atoms with van der Waals surface area (Å²) in [6.07, 6.45) is 3.18. The molecule has 13 heteroatoms. The zero-order chi connectivity index (χ0) is 35.1. The summed E-state index contributed by atoms with van der Waals surface area (Å²) < 4.78 is 36.4. The lowest BCUT2D eigenvalue weighted by Crippen LogP contribution is -2.39. The fraction of sp³-hybridized carbons (Fsp3) is 0.278. The first kappa shape index (κ1) is 35.7. The van der Waals surface area contributed by atoms with Gasteiger partial charge in [0, 0.05) is 15.3 Å². The molecular weight excluding hydrogens is 763 g/mol. The number of rotatable bonds is 13. The number of carbonyl (C=O) groups is 2. The molecule has 0 N–H and O–H groups in total. The number of thiazole rings is 1. The molecule has 2 heterocycles. The van der Waals surface area contributed by atoms with Gasteiger partial charge in [0.15, 0.2) is 27.8 Å². The van der Waals surface area contributed by atoms with Crippen LogP contribution in [0.15, 0.2) is 76.2 Å². The highest BCUT2D eigenvalue weighted by molar-refractivity contribution is 14.1. The summed E-state index contributed by atoms with van der Waals surface area (Å²) in [5, 5.41) is 0. The minimum atomic E-state index is -0.834. The van der Waals surface area contributed by atoms with Crippen molar-refractivity contribution in [2.24, 2.45) is 4.99 Å². The molecule has 0 fully saturated rings. The van der Waals surface area contributed by atoms with Crippen molar-refractivity contribution in [3.63, 3.8) is 0 Å². The molecule has 49 heavy (non-hydrogen) atoms. The van der Waals surface area contributed by atoms with Crippen LogP contribution in [-0.4, -0.2) is 50.5 Å². The lowest BCUT2D eigenvalue weighted by Gasteiger charge is -2.23. The predicted octanol–water partition coefficient (Wildman–Crippen LogP) is 5.18. The molecule has 1 atom stereocenters. The molecule has 0 bridgehead atoms. The van der Waals surface area contributed by atoms with E-state index in [9.17, 15) is 14.4 Å². The quantitative estimate of drug-likeness (QED) is 0.133. The largest absolute Gasteiger partial charge is 0.493 e. The minimum Gasteiger partial charge on any atom is -0.493 e. The summed E-state index contributed by atoms with van der Waals surface area (Å²) in [7, 11) is 2.83. The Kier molecular flexibility index (Phi) is 11.8. The molecule has 0 aliphatic carbocycles. The number of hydrogen-bond acceptors (Lipinski definition) is 11. The number of carbonyl (C=O) groups excluding carboxylic acids is 2. The van der Waals surface area contributed by atoms with Gasteiger partial charge in [0.1, 0.15) is 6.61 Å². The summed E-state index contributed by atoms with van der Waals surface area (Å²) >= 11 is 3.36. The van der Waals surface area contributed by atoms with E-state index in [4.69, 9.17) is 28.4 Å². The van der Waals surface area contributed by atoms with Gasteiger partial charge >= 0.3 is 11.9 Å². The SMILES string of the molecule is CCOC(=O)c1ccc(COc2c(/C=c3/sc4n(c3=O)[C@H](c3ccc(OCC)c(OCC)c3)C(C(=O)OC)=CN=4)cc(I)cc2OC)cc1. The van der Waals surface area contributed by atoms with E-state index < -0.39 is 18.0 Å². The summed E-state index contributed by atoms with van der Waals surface area (Å²) in [5.74, 6) is 0.966. The van der Waals surface area contributed by atoms with Crippen molar-refractivity contribution >= 4 is 51.9 Å². The molecule has 0 saturated heterocycles. The van der Waals surface area contributed by atoms with Gasteiger partial charge in [0.2, 0.25) is 0 Å². The van der Waals surface area contributed by atoms with Crippen LogP contribution in [0.1, 0.15) is 53.9 Å². The molecule has 0 unspecified atom stereocenters. The van der Waals surface area contributed by atoms with Crippen molar-refractivity contribution in [2.75, 3.05) is 34.0 Å². The van der Waals surface area contributed by atoms with Gasteiger partial charge in [-0.05, 0) is 97.0 Å². The van der Waals surface area contributed by atoms with E-state index in [1.54, 1.807) is 62.6 Å². The van der Waals surface area contributed by atoms with Crippen LogP contribution in [0.4, 0.5) is 0 Å². The molecular formula is C36H35IN2O9S. The minimum absolute atomic E-state index is 0.171. The Bertz CT molecular complexity index is 2070. The molecule has 11 nitrogen and oxygen atoms in total. The topological polar surface area (TPSA) is 124 Å². The number of ether oxygens (including phenoxy) is 6. The molecule has 0 spiro atoms. The number of methoxy groups -OCH3 is 2. The number of aromatic nitrogens is 1. The Morgan fingerprint density at radius 3 is 2.31 bits per heavy atom. The summed E-state index contributed by atoms with van der Waals surface area (Å²) in [6, 6.07) is 15.2. The Morgan fingerprint density at radius 1 is 0.898 bits per heavy atom. The van der Waals surface area contributed by atoms with Crippen LogP contribution < -0.4 is 33.8 Å². The van der Waals surface area contributed by atoms with E-state index in [2.05, 4.69) is 27.6 Å². The van der Waals surface area contributed by atoms with E-state index in [1.165, 1.54) is 29.2 Å². The van der Waals surface area contributed by atoms with Gasteiger partial charge in [-0.1, -0.05) is 29.5 Å². The number of fused-ring (bicyclic) bond motifs is 1. The average Bonchev–Trinajstić information content (AvgIpc) is 3.42. The van der Waals surface area contributed by atoms with Crippen molar-refractivity contribution in [3.8, 4) is 23.0 Å². The fourth-order valence-corrected chi connectivity index (χ4v) is 6.82. The summed E-state index contributed by atoms with van der Waals surface area (Å²) in [6.45, 7) is 6.81. The van der Waals surface area contributed by atoms with Crippen molar-refractivity contribution in [3.05, 3.63) is 112 Å². The average molecular weight is 799 g/mol. The molecule has 1 aliphatic heterocycles. The molecule has 4 aromatic rings. The van der Waals surface area contributed by atoms with Crippen LogP contribution in [0.25, 0.3) is 6.08 Å². The van der Waals surface area contributed by atoms with Crippen molar-refractivity contribution in [1.82, 2.24) is 4.57 Å². The van der Waals surface area contributed by atoms with Gasteiger partial charge in [0.05, 0.1) is 55.8 Å². The van der Waals surface area contributed by atoms with Crippen molar-refractivity contribution in [1.29, 1.82) is 0 Å². The van der Waals surface area contributed by atoms with Crippen molar-refractivity contribution < 1.29 is 38.0 Å². The van der Waals surface area contributed by atoms with Crippen LogP contribution in [0.5, 0.6) is 23.0 Å².